The van der Waals surface area contributed by atoms with E-state index < -0.39 is 64.0 Å². The number of carbonyl (C=O) groups is 1. The van der Waals surface area contributed by atoms with Crippen LogP contribution in [0.25, 0.3) is 22.2 Å². The summed E-state index contributed by atoms with van der Waals surface area (Å²) in [7, 11) is 0. The average Bonchev–Trinajstić information content (AvgIpc) is 3.52. The molecule has 7 rings (SSSR count). The Morgan fingerprint density at radius 2 is 1.75 bits per heavy atom. The molecule has 3 aliphatic heterocycles. The predicted octanol–water partition coefficient (Wildman–Crippen LogP) is 6.45. The summed E-state index contributed by atoms with van der Waals surface area (Å²) in [5, 5.41) is 16.5. The quantitative estimate of drug-likeness (QED) is 0.280. The van der Waals surface area contributed by atoms with Crippen LogP contribution in [0.2, 0.25) is 0 Å². The normalized spacial score (nSPS) is 25.8. The van der Waals surface area contributed by atoms with Crippen LogP contribution >= 0.6 is 0 Å². The number of halogens is 9. The van der Waals surface area contributed by atoms with E-state index in [4.69, 9.17) is 20.4 Å². The van der Waals surface area contributed by atoms with Crippen LogP contribution in [0.3, 0.4) is 0 Å². The fourth-order valence-corrected chi connectivity index (χ4v) is 7.92. The van der Waals surface area contributed by atoms with Crippen LogP contribution in [0.4, 0.5) is 51.1 Å². The van der Waals surface area contributed by atoms with Gasteiger partial charge in [-0.25, -0.2) is 22.9 Å². The fraction of sp³-hybridized carbons (Fsp3) is 0.545. The molecule has 0 radical (unpaired) electrons. The minimum Gasteiger partial charge on any atom is -0.475 e. The third-order valence-corrected chi connectivity index (χ3v) is 10.3. The molecule has 10 nitrogen and oxygen atoms in total. The summed E-state index contributed by atoms with van der Waals surface area (Å²) in [6.07, 6.45) is -7.89. The van der Waals surface area contributed by atoms with E-state index in [0.29, 0.717) is 38.9 Å². The van der Waals surface area contributed by atoms with Gasteiger partial charge in [0.25, 0.3) is 0 Å². The molecule has 1 aliphatic carbocycles. The molecule has 4 fully saturated rings. The summed E-state index contributed by atoms with van der Waals surface area (Å²) in [6, 6.07) is 4.02. The molecule has 1 unspecified atom stereocenters. The fourth-order valence-electron chi connectivity index (χ4n) is 7.92. The first-order chi connectivity index (χ1) is 24.3. The molecule has 3 N–H and O–H groups in total. The minimum atomic E-state index is -5.08. The van der Waals surface area contributed by atoms with Gasteiger partial charge in [-0.3, -0.25) is 4.90 Å². The van der Waals surface area contributed by atoms with Gasteiger partial charge in [-0.1, -0.05) is 0 Å². The van der Waals surface area contributed by atoms with Crippen molar-refractivity contribution in [2.24, 2.45) is 17.8 Å². The van der Waals surface area contributed by atoms with Gasteiger partial charge in [-0.2, -0.15) is 41.6 Å². The molecule has 3 saturated heterocycles. The van der Waals surface area contributed by atoms with E-state index in [9.17, 15) is 36.0 Å². The Morgan fingerprint density at radius 3 is 2.35 bits per heavy atom. The maximum atomic E-state index is 16.5. The molecule has 1 saturated carbocycles. The van der Waals surface area contributed by atoms with Gasteiger partial charge in [0, 0.05) is 31.4 Å². The number of anilines is 2. The monoisotopic (exact) mass is 745 g/mol. The van der Waals surface area contributed by atoms with Crippen molar-refractivity contribution < 1.29 is 54.2 Å². The number of nitrogen functional groups attached to an aromatic ring is 1. The zero-order valence-corrected chi connectivity index (χ0v) is 27.5. The van der Waals surface area contributed by atoms with Crippen LogP contribution in [0.1, 0.15) is 43.2 Å². The number of pyridine rings is 1. The molecule has 5 atom stereocenters. The van der Waals surface area contributed by atoms with Crippen LogP contribution in [0.15, 0.2) is 12.1 Å². The number of benzene rings is 1. The van der Waals surface area contributed by atoms with Crippen molar-refractivity contribution in [3.63, 3.8) is 0 Å². The van der Waals surface area contributed by atoms with Gasteiger partial charge in [-0.05, 0) is 68.7 Å². The number of aliphatic carboxylic acids is 1. The molecule has 0 bridgehead atoms. The van der Waals surface area contributed by atoms with Crippen molar-refractivity contribution in [1.29, 1.82) is 5.26 Å². The Morgan fingerprint density at radius 1 is 1.10 bits per heavy atom. The molecule has 19 heteroatoms. The molecular weight excluding hydrogens is 713 g/mol. The summed E-state index contributed by atoms with van der Waals surface area (Å²) in [4.78, 5) is 25.3. The summed E-state index contributed by atoms with van der Waals surface area (Å²) in [5.41, 5.74) is 1.13. The lowest BCUT2D eigenvalue weighted by Crippen LogP contribution is -2.43. The number of aromatic nitrogens is 3. The number of nitrogens with two attached hydrogens (primary N) is 1. The molecule has 2 aromatic heterocycles. The zero-order valence-electron chi connectivity index (χ0n) is 27.5. The molecule has 0 spiro atoms. The Bertz CT molecular complexity index is 1920. The number of alkyl halides is 7. The highest BCUT2D eigenvalue weighted by Gasteiger charge is 2.52. The Hall–Kier alpha value is -4.60. The first-order valence-electron chi connectivity index (χ1n) is 16.4. The number of fused-ring (bicyclic) bond motifs is 3. The van der Waals surface area contributed by atoms with Crippen molar-refractivity contribution in [3.05, 3.63) is 34.9 Å². The number of hydrogen-bond acceptors (Lipinski definition) is 9. The van der Waals surface area contributed by atoms with Gasteiger partial charge in [0.1, 0.15) is 35.7 Å². The van der Waals surface area contributed by atoms with Crippen LogP contribution in [-0.4, -0.2) is 81.6 Å². The second kappa shape index (κ2) is 13.4. The number of nitrogens with zero attached hydrogens (tertiary/aromatic N) is 6. The third-order valence-electron chi connectivity index (χ3n) is 10.3. The number of nitriles is 1. The van der Waals surface area contributed by atoms with Gasteiger partial charge in [0.2, 0.25) is 0 Å². The molecule has 1 aromatic carbocycles. The summed E-state index contributed by atoms with van der Waals surface area (Å²) in [5.74, 6) is -5.09. The highest BCUT2D eigenvalue weighted by molar-refractivity contribution is 5.94. The molecule has 0 amide bonds. The first kappa shape index (κ1) is 37.2. The van der Waals surface area contributed by atoms with Gasteiger partial charge in [0.15, 0.2) is 5.82 Å². The van der Waals surface area contributed by atoms with Crippen molar-refractivity contribution in [3.8, 4) is 23.3 Å². The van der Waals surface area contributed by atoms with E-state index in [1.807, 2.05) is 9.80 Å². The van der Waals surface area contributed by atoms with Gasteiger partial charge >= 0.3 is 24.3 Å². The molecular formula is C33H32F9N7O3. The largest absolute Gasteiger partial charge is 0.490 e. The number of ether oxygens (including phenoxy) is 1. The summed E-state index contributed by atoms with van der Waals surface area (Å²) in [6.45, 7) is 3.09. The number of carboxylic acid groups (broad SMARTS) is 1. The maximum Gasteiger partial charge on any atom is 0.490 e. The smallest absolute Gasteiger partial charge is 0.475 e. The number of carboxylic acids is 1. The number of hydrogen-bond donors (Lipinski definition) is 2. The number of rotatable bonds is 5. The van der Waals surface area contributed by atoms with Crippen LogP contribution in [0, 0.1) is 47.6 Å². The van der Waals surface area contributed by atoms with Crippen LogP contribution < -0.4 is 15.4 Å². The lowest BCUT2D eigenvalue weighted by molar-refractivity contribution is -0.192. The van der Waals surface area contributed by atoms with Crippen LogP contribution in [-0.2, 0) is 11.0 Å². The highest BCUT2D eigenvalue weighted by atomic mass is 19.4. The summed E-state index contributed by atoms with van der Waals surface area (Å²) < 4.78 is 127. The maximum absolute atomic E-state index is 16.5. The molecule has 5 heterocycles. The van der Waals surface area contributed by atoms with E-state index >= 15 is 8.78 Å². The van der Waals surface area contributed by atoms with Gasteiger partial charge in [0.05, 0.1) is 34.3 Å². The van der Waals surface area contributed by atoms with Crippen LogP contribution in [0.5, 0.6) is 6.01 Å². The van der Waals surface area contributed by atoms with Gasteiger partial charge in [-0.15, -0.1) is 0 Å². The zero-order chi connectivity index (χ0) is 37.9. The standard InChI is InChI=1S/C31H31F6N7O.C2HF3O2/c1-15-9-22(39)40-27(24(15)31(35,36)37)23-21(33)10-19-26(25(23)34)41-29(45-14-30-5-2-6-44(30)13-16(32)11-30)42-28(19)43-7-3-17-18(4-8-43)20(17)12-38;3-2(4,5)1(6)7/h9-10,16-18,20H,2-8,11,13-14H2,1H3,(H2,39,40);(H,6,7)/t16-,17-,18+,20?,30+;/m1./s1. The predicted molar refractivity (Wildman–Crippen MR) is 167 cm³/mol. The highest BCUT2D eigenvalue weighted by Crippen LogP contribution is 2.52. The van der Waals surface area contributed by atoms with Crippen molar-refractivity contribution in [2.75, 3.05) is 43.4 Å². The van der Waals surface area contributed by atoms with E-state index in [2.05, 4.69) is 21.0 Å². The van der Waals surface area contributed by atoms with E-state index in [-0.39, 0.29) is 59.4 Å². The van der Waals surface area contributed by atoms with E-state index in [0.717, 1.165) is 32.0 Å². The Kier molecular flexibility index (Phi) is 9.60. The third kappa shape index (κ3) is 6.96. The minimum absolute atomic E-state index is 0.0120. The lowest BCUT2D eigenvalue weighted by atomic mass is 9.95. The molecule has 3 aromatic rings. The molecule has 52 heavy (non-hydrogen) atoms. The second-order valence-corrected chi connectivity index (χ2v) is 13.6. The first-order valence-corrected chi connectivity index (χ1v) is 16.4. The Balaban J connectivity index is 0.000000604. The second-order valence-electron chi connectivity index (χ2n) is 13.6. The molecule has 4 aliphatic rings. The van der Waals surface area contributed by atoms with E-state index in [1.165, 1.54) is 0 Å². The van der Waals surface area contributed by atoms with Crippen molar-refractivity contribution in [2.45, 2.75) is 63.1 Å². The molecule has 280 valence electrons. The topological polar surface area (TPSA) is 141 Å². The van der Waals surface area contributed by atoms with Gasteiger partial charge < -0.3 is 20.5 Å². The SMILES string of the molecule is Cc1cc(N)nc(-c2c(F)cc3c(N4CC[C@@H]5C(C#N)[C@@H]5CC4)nc(OC[C@@]45CCCN4C[C@H](F)C5)nc3c2F)c1C(F)(F)F.O=C(O)C(F)(F)F. The van der Waals surface area contributed by atoms with Crippen molar-refractivity contribution in [1.82, 2.24) is 19.9 Å². The van der Waals surface area contributed by atoms with Crippen molar-refractivity contribution >= 4 is 28.5 Å². The lowest BCUT2D eigenvalue weighted by Gasteiger charge is -2.31. The van der Waals surface area contributed by atoms with E-state index in [1.54, 1.807) is 0 Å². The average molecular weight is 746 g/mol. The summed E-state index contributed by atoms with van der Waals surface area (Å²) >= 11 is 0. The number of aryl methyl sites for hydroxylation is 1. The Labute approximate surface area is 290 Å².